The summed E-state index contributed by atoms with van der Waals surface area (Å²) in [6, 6.07) is 5.73. The molecule has 1 aromatic rings. The Balaban J connectivity index is 1.68. The third-order valence-corrected chi connectivity index (χ3v) is 5.01. The zero-order valence-electron chi connectivity index (χ0n) is 15.0. The average Bonchev–Trinajstić information content (AvgIpc) is 2.86. The van der Waals surface area contributed by atoms with E-state index in [0.29, 0.717) is 11.3 Å². The van der Waals surface area contributed by atoms with Crippen LogP contribution in [0.15, 0.2) is 24.3 Å². The van der Waals surface area contributed by atoms with Crippen LogP contribution in [0.25, 0.3) is 0 Å². The lowest BCUT2D eigenvalue weighted by Gasteiger charge is -2.25. The predicted octanol–water partition coefficient (Wildman–Crippen LogP) is 2.01. The Morgan fingerprint density at radius 1 is 1.19 bits per heavy atom. The van der Waals surface area contributed by atoms with Crippen LogP contribution in [-0.2, 0) is 10.3 Å². The monoisotopic (exact) mass is 360 g/mol. The van der Waals surface area contributed by atoms with Crippen LogP contribution in [-0.4, -0.2) is 36.1 Å². The molecule has 0 unspecified atom stereocenters. The molecule has 1 aromatic carbocycles. The van der Waals surface area contributed by atoms with Gasteiger partial charge in [0.1, 0.15) is 11.3 Å². The molecule has 8 nitrogen and oxygen atoms in total. The summed E-state index contributed by atoms with van der Waals surface area (Å²) in [6.07, 6.45) is 5.15. The number of nitrogens with one attached hydrogen (secondary N) is 3. The fourth-order valence-corrected chi connectivity index (χ4v) is 3.43. The number of hydrogen-bond donors (Lipinski definition) is 3. The minimum Gasteiger partial charge on any atom is -0.497 e. The second kappa shape index (κ2) is 7.23. The summed E-state index contributed by atoms with van der Waals surface area (Å²) in [6.45, 7) is 1.61. The standard InChI is InChI=1S/C18H24N4O4/c1-18(12-8-10-14(26-2)11-9-12)15(23)22(17(25)20-18)21-16(24)19-13-6-4-3-5-7-13/h8-11,13H,3-7H2,1-2H3,(H,20,25)(H2,19,21,24)/t18-/m1/s1. The highest BCUT2D eigenvalue weighted by molar-refractivity contribution is 6.08. The summed E-state index contributed by atoms with van der Waals surface area (Å²) in [5, 5.41) is 6.21. The van der Waals surface area contributed by atoms with Crippen molar-refractivity contribution in [2.75, 3.05) is 7.11 Å². The number of nitrogens with zero attached hydrogens (tertiary/aromatic N) is 1. The highest BCUT2D eigenvalue weighted by Gasteiger charge is 2.50. The minimum atomic E-state index is -1.25. The molecule has 1 aliphatic carbocycles. The number of amides is 5. The Kier molecular flexibility index (Phi) is 5.01. The van der Waals surface area contributed by atoms with Gasteiger partial charge in [0.05, 0.1) is 7.11 Å². The lowest BCUT2D eigenvalue weighted by Crippen LogP contribution is -2.53. The average molecular weight is 360 g/mol. The van der Waals surface area contributed by atoms with Gasteiger partial charge >= 0.3 is 12.1 Å². The molecular formula is C18H24N4O4. The minimum absolute atomic E-state index is 0.0810. The Morgan fingerprint density at radius 3 is 2.46 bits per heavy atom. The molecule has 1 saturated carbocycles. The molecule has 1 heterocycles. The van der Waals surface area contributed by atoms with Crippen LogP contribution in [0, 0.1) is 0 Å². The molecule has 26 heavy (non-hydrogen) atoms. The molecule has 1 atom stereocenters. The maximum atomic E-state index is 12.8. The lowest BCUT2D eigenvalue weighted by atomic mass is 9.92. The van der Waals surface area contributed by atoms with Crippen molar-refractivity contribution in [1.29, 1.82) is 0 Å². The van der Waals surface area contributed by atoms with Crippen molar-refractivity contribution >= 4 is 18.0 Å². The Bertz CT molecular complexity index is 700. The van der Waals surface area contributed by atoms with Crippen LogP contribution in [0.1, 0.15) is 44.6 Å². The molecule has 3 N–H and O–H groups in total. The SMILES string of the molecule is COc1ccc([C@@]2(C)NC(=O)N(NC(=O)NC3CCCCC3)C2=O)cc1. The van der Waals surface area contributed by atoms with Crippen LogP contribution in [0.2, 0.25) is 0 Å². The van der Waals surface area contributed by atoms with E-state index in [1.54, 1.807) is 38.3 Å². The van der Waals surface area contributed by atoms with Crippen molar-refractivity contribution < 1.29 is 19.1 Å². The van der Waals surface area contributed by atoms with E-state index in [1.807, 2.05) is 0 Å². The molecule has 0 bridgehead atoms. The van der Waals surface area contributed by atoms with E-state index >= 15 is 0 Å². The van der Waals surface area contributed by atoms with Gasteiger partial charge in [-0.1, -0.05) is 31.4 Å². The molecule has 2 fully saturated rings. The number of imide groups is 1. The van der Waals surface area contributed by atoms with E-state index in [0.717, 1.165) is 30.7 Å². The van der Waals surface area contributed by atoms with E-state index in [2.05, 4.69) is 16.1 Å². The van der Waals surface area contributed by atoms with Gasteiger partial charge in [0.25, 0.3) is 5.91 Å². The number of hydrogen-bond acceptors (Lipinski definition) is 4. The fraction of sp³-hybridized carbons (Fsp3) is 0.500. The predicted molar refractivity (Wildman–Crippen MR) is 94.3 cm³/mol. The molecule has 3 rings (SSSR count). The number of hydrazine groups is 1. The van der Waals surface area contributed by atoms with Crippen LogP contribution in [0.3, 0.4) is 0 Å². The van der Waals surface area contributed by atoms with Gasteiger partial charge in [-0.05, 0) is 37.5 Å². The number of benzene rings is 1. The third kappa shape index (κ3) is 3.44. The molecule has 0 spiro atoms. The molecule has 8 heteroatoms. The Hall–Kier alpha value is -2.77. The zero-order chi connectivity index (χ0) is 18.7. The Morgan fingerprint density at radius 2 is 1.85 bits per heavy atom. The van der Waals surface area contributed by atoms with Gasteiger partial charge in [0, 0.05) is 6.04 Å². The summed E-state index contributed by atoms with van der Waals surface area (Å²) >= 11 is 0. The molecule has 1 saturated heterocycles. The first-order valence-corrected chi connectivity index (χ1v) is 8.82. The molecule has 5 amide bonds. The van der Waals surface area contributed by atoms with E-state index in [4.69, 9.17) is 4.74 Å². The second-order valence-corrected chi connectivity index (χ2v) is 6.84. The van der Waals surface area contributed by atoms with Gasteiger partial charge in [0.15, 0.2) is 0 Å². The quantitative estimate of drug-likeness (QED) is 0.715. The molecule has 140 valence electrons. The van der Waals surface area contributed by atoms with E-state index in [9.17, 15) is 14.4 Å². The van der Waals surface area contributed by atoms with Crippen molar-refractivity contribution in [3.05, 3.63) is 29.8 Å². The summed E-state index contributed by atoms with van der Waals surface area (Å²) in [5.74, 6) is 0.113. The molecule has 2 aliphatic rings. The summed E-state index contributed by atoms with van der Waals surface area (Å²) < 4.78 is 5.11. The Labute approximate surface area is 152 Å². The van der Waals surface area contributed by atoms with Crippen molar-refractivity contribution in [3.8, 4) is 5.75 Å². The molecule has 0 aromatic heterocycles. The summed E-state index contributed by atoms with van der Waals surface area (Å²) in [5.41, 5.74) is 1.73. The molecule has 0 radical (unpaired) electrons. The fourth-order valence-electron chi connectivity index (χ4n) is 3.43. The topological polar surface area (TPSA) is 99.8 Å². The van der Waals surface area contributed by atoms with Crippen LogP contribution < -0.4 is 20.8 Å². The largest absolute Gasteiger partial charge is 0.497 e. The number of carbonyl (C=O) groups excluding carboxylic acids is 3. The highest BCUT2D eigenvalue weighted by Crippen LogP contribution is 2.29. The van der Waals surface area contributed by atoms with E-state index in [1.165, 1.54) is 6.42 Å². The van der Waals surface area contributed by atoms with Gasteiger partial charge in [-0.25, -0.2) is 15.0 Å². The normalized spacial score (nSPS) is 23.5. The summed E-state index contributed by atoms with van der Waals surface area (Å²) in [7, 11) is 1.55. The lowest BCUT2D eigenvalue weighted by molar-refractivity contribution is -0.132. The van der Waals surface area contributed by atoms with Gasteiger partial charge in [-0.2, -0.15) is 5.01 Å². The highest BCUT2D eigenvalue weighted by atomic mass is 16.5. The molecular weight excluding hydrogens is 336 g/mol. The first-order chi connectivity index (χ1) is 12.4. The van der Waals surface area contributed by atoms with Crippen LogP contribution in [0.5, 0.6) is 5.75 Å². The van der Waals surface area contributed by atoms with E-state index in [-0.39, 0.29) is 6.04 Å². The van der Waals surface area contributed by atoms with Gasteiger partial charge in [-0.15, -0.1) is 0 Å². The van der Waals surface area contributed by atoms with Gasteiger partial charge in [0.2, 0.25) is 0 Å². The number of urea groups is 2. The van der Waals surface area contributed by atoms with Crippen LogP contribution >= 0.6 is 0 Å². The van der Waals surface area contributed by atoms with Crippen molar-refractivity contribution in [3.63, 3.8) is 0 Å². The van der Waals surface area contributed by atoms with Gasteiger partial charge in [-0.3, -0.25) is 4.79 Å². The first kappa shape index (κ1) is 18.0. The van der Waals surface area contributed by atoms with Crippen molar-refractivity contribution in [1.82, 2.24) is 21.1 Å². The maximum Gasteiger partial charge on any atom is 0.344 e. The zero-order valence-corrected chi connectivity index (χ0v) is 15.0. The maximum absolute atomic E-state index is 12.8. The van der Waals surface area contributed by atoms with Crippen molar-refractivity contribution in [2.45, 2.75) is 50.6 Å². The third-order valence-electron chi connectivity index (χ3n) is 5.01. The molecule has 1 aliphatic heterocycles. The van der Waals surface area contributed by atoms with Gasteiger partial charge < -0.3 is 15.4 Å². The van der Waals surface area contributed by atoms with E-state index < -0.39 is 23.5 Å². The summed E-state index contributed by atoms with van der Waals surface area (Å²) in [4.78, 5) is 37.2. The number of methoxy groups -OCH3 is 1. The second-order valence-electron chi connectivity index (χ2n) is 6.84. The van der Waals surface area contributed by atoms with Crippen molar-refractivity contribution in [2.24, 2.45) is 0 Å². The van der Waals surface area contributed by atoms with Crippen LogP contribution in [0.4, 0.5) is 9.59 Å². The number of rotatable bonds is 4. The number of carbonyl (C=O) groups is 3. The first-order valence-electron chi connectivity index (χ1n) is 8.82. The number of ether oxygens (including phenoxy) is 1. The smallest absolute Gasteiger partial charge is 0.344 e.